The number of imidazole rings is 1. The van der Waals surface area contributed by atoms with Crippen LogP contribution >= 0.6 is 11.6 Å². The van der Waals surface area contributed by atoms with Crippen molar-refractivity contribution in [3.63, 3.8) is 0 Å². The minimum atomic E-state index is -0.317. The fourth-order valence-corrected chi connectivity index (χ4v) is 1.79. The number of halogens is 1. The molecule has 0 aliphatic rings. The number of aromatic amines is 1. The van der Waals surface area contributed by atoms with Crippen LogP contribution in [0.2, 0.25) is 5.15 Å². The van der Waals surface area contributed by atoms with Gasteiger partial charge in [-0.1, -0.05) is 41.9 Å². The Bertz CT molecular complexity index is 537. The number of carbonyl (C=O) groups excluding carboxylic acids is 1. The van der Waals surface area contributed by atoms with E-state index in [0.717, 1.165) is 5.56 Å². The zero-order valence-corrected chi connectivity index (χ0v) is 10.7. The number of hydrogen-bond donors (Lipinski definition) is 1. The molecule has 0 aliphatic carbocycles. The molecule has 1 aromatic heterocycles. The van der Waals surface area contributed by atoms with E-state index in [2.05, 4.69) is 9.97 Å². The predicted octanol–water partition coefficient (Wildman–Crippen LogP) is 2.84. The molecule has 0 fully saturated rings. The van der Waals surface area contributed by atoms with Gasteiger partial charge in [0.1, 0.15) is 5.82 Å². The molecule has 0 aliphatic heterocycles. The molecule has 1 aromatic carbocycles. The summed E-state index contributed by atoms with van der Waals surface area (Å²) >= 11 is 5.99. The standard InChI is InChI=1S/C13H13ClN2O2/c1-2-18-11(17)8-10-12(14)16-13(15-10)9-6-4-3-5-7-9/h3-7H,2,8H2,1H3,(H,15,16). The molecule has 1 N–H and O–H groups in total. The second-order valence-electron chi connectivity index (χ2n) is 3.70. The third-order valence-corrected chi connectivity index (χ3v) is 2.71. The van der Waals surface area contributed by atoms with Crippen LogP contribution in [0.5, 0.6) is 0 Å². The maximum absolute atomic E-state index is 11.4. The van der Waals surface area contributed by atoms with E-state index in [-0.39, 0.29) is 12.4 Å². The SMILES string of the molecule is CCOC(=O)Cc1[nH]c(-c2ccccc2)nc1Cl. The summed E-state index contributed by atoms with van der Waals surface area (Å²) in [5.74, 6) is 0.336. The Kier molecular flexibility index (Phi) is 3.99. The second-order valence-corrected chi connectivity index (χ2v) is 4.06. The highest BCUT2D eigenvalue weighted by atomic mass is 35.5. The average molecular weight is 265 g/mol. The van der Waals surface area contributed by atoms with Crippen molar-refractivity contribution in [2.24, 2.45) is 0 Å². The lowest BCUT2D eigenvalue weighted by molar-refractivity contribution is -0.142. The number of benzene rings is 1. The summed E-state index contributed by atoms with van der Waals surface area (Å²) in [5.41, 5.74) is 1.50. The summed E-state index contributed by atoms with van der Waals surface area (Å²) in [7, 11) is 0. The summed E-state index contributed by atoms with van der Waals surface area (Å²) in [6.07, 6.45) is 0.104. The number of rotatable bonds is 4. The van der Waals surface area contributed by atoms with Crippen LogP contribution in [-0.2, 0) is 16.0 Å². The van der Waals surface area contributed by atoms with Crippen LogP contribution < -0.4 is 0 Å². The van der Waals surface area contributed by atoms with Gasteiger partial charge in [-0.05, 0) is 6.92 Å². The summed E-state index contributed by atoms with van der Waals surface area (Å²) in [4.78, 5) is 18.6. The zero-order valence-electron chi connectivity index (χ0n) is 9.94. The highest BCUT2D eigenvalue weighted by Gasteiger charge is 2.13. The molecule has 2 rings (SSSR count). The van der Waals surface area contributed by atoms with Gasteiger partial charge in [-0.2, -0.15) is 0 Å². The molecule has 1 heterocycles. The van der Waals surface area contributed by atoms with E-state index in [1.54, 1.807) is 6.92 Å². The van der Waals surface area contributed by atoms with Crippen molar-refractivity contribution in [3.05, 3.63) is 41.2 Å². The molecule has 18 heavy (non-hydrogen) atoms. The van der Waals surface area contributed by atoms with Crippen molar-refractivity contribution >= 4 is 17.6 Å². The number of ether oxygens (including phenoxy) is 1. The molecule has 5 heteroatoms. The van der Waals surface area contributed by atoms with Gasteiger partial charge in [0.2, 0.25) is 0 Å². The molecule has 0 saturated heterocycles. The monoisotopic (exact) mass is 264 g/mol. The lowest BCUT2D eigenvalue weighted by atomic mass is 10.2. The summed E-state index contributed by atoms with van der Waals surface area (Å²) in [6, 6.07) is 9.59. The Hall–Kier alpha value is -1.81. The lowest BCUT2D eigenvalue weighted by Gasteiger charge is -1.99. The number of carbonyl (C=O) groups is 1. The summed E-state index contributed by atoms with van der Waals surface area (Å²) in [6.45, 7) is 2.12. The van der Waals surface area contributed by atoms with Gasteiger partial charge in [0.05, 0.1) is 18.7 Å². The van der Waals surface area contributed by atoms with Crippen LogP contribution in [0.1, 0.15) is 12.6 Å². The number of nitrogens with one attached hydrogen (secondary N) is 1. The Morgan fingerprint density at radius 2 is 2.11 bits per heavy atom. The molecule has 94 valence electrons. The maximum atomic E-state index is 11.4. The molecule has 0 amide bonds. The third-order valence-electron chi connectivity index (χ3n) is 2.40. The Morgan fingerprint density at radius 1 is 1.39 bits per heavy atom. The second kappa shape index (κ2) is 5.69. The highest BCUT2D eigenvalue weighted by molar-refractivity contribution is 6.30. The molecular weight excluding hydrogens is 252 g/mol. The van der Waals surface area contributed by atoms with E-state index in [1.807, 2.05) is 30.3 Å². The molecule has 0 radical (unpaired) electrons. The van der Waals surface area contributed by atoms with E-state index < -0.39 is 0 Å². The van der Waals surface area contributed by atoms with Gasteiger partial charge in [0, 0.05) is 5.56 Å². The molecule has 4 nitrogen and oxygen atoms in total. The van der Waals surface area contributed by atoms with Crippen LogP contribution in [0.25, 0.3) is 11.4 Å². The van der Waals surface area contributed by atoms with Crippen molar-refractivity contribution in [1.82, 2.24) is 9.97 Å². The van der Waals surface area contributed by atoms with Gasteiger partial charge >= 0.3 is 5.97 Å². The van der Waals surface area contributed by atoms with Crippen LogP contribution in [0.3, 0.4) is 0 Å². The zero-order chi connectivity index (χ0) is 13.0. The van der Waals surface area contributed by atoms with Crippen molar-refractivity contribution in [3.8, 4) is 11.4 Å². The number of nitrogens with zero attached hydrogens (tertiary/aromatic N) is 1. The minimum absolute atomic E-state index is 0.104. The van der Waals surface area contributed by atoms with Gasteiger partial charge in [-0.15, -0.1) is 0 Å². The topological polar surface area (TPSA) is 55.0 Å². The maximum Gasteiger partial charge on any atom is 0.311 e. The molecule has 0 atom stereocenters. The third kappa shape index (κ3) is 2.90. The Morgan fingerprint density at radius 3 is 2.78 bits per heavy atom. The fourth-order valence-electron chi connectivity index (χ4n) is 1.59. The number of esters is 1. The van der Waals surface area contributed by atoms with Gasteiger partial charge in [-0.25, -0.2) is 4.98 Å². The predicted molar refractivity (Wildman–Crippen MR) is 69.4 cm³/mol. The van der Waals surface area contributed by atoms with Gasteiger partial charge in [-0.3, -0.25) is 4.79 Å². The van der Waals surface area contributed by atoms with Crippen molar-refractivity contribution in [2.75, 3.05) is 6.61 Å². The number of aromatic nitrogens is 2. The molecule has 0 saturated carbocycles. The molecular formula is C13H13ClN2O2. The smallest absolute Gasteiger partial charge is 0.311 e. The van der Waals surface area contributed by atoms with Crippen LogP contribution in [0.4, 0.5) is 0 Å². The van der Waals surface area contributed by atoms with E-state index >= 15 is 0 Å². The molecule has 0 spiro atoms. The van der Waals surface area contributed by atoms with Crippen molar-refractivity contribution in [2.45, 2.75) is 13.3 Å². The van der Waals surface area contributed by atoms with Gasteiger partial charge in [0.25, 0.3) is 0 Å². The van der Waals surface area contributed by atoms with E-state index in [0.29, 0.717) is 23.3 Å². The van der Waals surface area contributed by atoms with E-state index in [4.69, 9.17) is 16.3 Å². The first-order valence-electron chi connectivity index (χ1n) is 5.66. The first kappa shape index (κ1) is 12.6. The van der Waals surface area contributed by atoms with Crippen molar-refractivity contribution < 1.29 is 9.53 Å². The summed E-state index contributed by atoms with van der Waals surface area (Å²) in [5, 5.41) is 0.307. The van der Waals surface area contributed by atoms with Crippen LogP contribution in [0, 0.1) is 0 Å². The van der Waals surface area contributed by atoms with E-state index in [9.17, 15) is 4.79 Å². The van der Waals surface area contributed by atoms with Crippen LogP contribution in [-0.4, -0.2) is 22.5 Å². The first-order chi connectivity index (χ1) is 8.70. The summed E-state index contributed by atoms with van der Waals surface area (Å²) < 4.78 is 4.87. The largest absolute Gasteiger partial charge is 0.466 e. The first-order valence-corrected chi connectivity index (χ1v) is 6.04. The highest BCUT2D eigenvalue weighted by Crippen LogP contribution is 2.21. The Labute approximate surface area is 110 Å². The fraction of sp³-hybridized carbons (Fsp3) is 0.231. The normalized spacial score (nSPS) is 10.3. The van der Waals surface area contributed by atoms with E-state index in [1.165, 1.54) is 0 Å². The minimum Gasteiger partial charge on any atom is -0.466 e. The molecule has 0 bridgehead atoms. The van der Waals surface area contributed by atoms with Gasteiger partial charge < -0.3 is 9.72 Å². The number of H-pyrrole nitrogens is 1. The lowest BCUT2D eigenvalue weighted by Crippen LogP contribution is -2.08. The average Bonchev–Trinajstić information content (AvgIpc) is 2.72. The molecule has 0 unspecified atom stereocenters. The van der Waals surface area contributed by atoms with Crippen LogP contribution in [0.15, 0.2) is 30.3 Å². The van der Waals surface area contributed by atoms with Crippen molar-refractivity contribution in [1.29, 1.82) is 0 Å². The number of hydrogen-bond acceptors (Lipinski definition) is 3. The Balaban J connectivity index is 2.20. The quantitative estimate of drug-likeness (QED) is 0.864. The van der Waals surface area contributed by atoms with Gasteiger partial charge in [0.15, 0.2) is 5.15 Å². The molecule has 2 aromatic rings.